The van der Waals surface area contributed by atoms with Crippen LogP contribution in [0.3, 0.4) is 0 Å². The third-order valence-corrected chi connectivity index (χ3v) is 6.21. The van der Waals surface area contributed by atoms with Crippen molar-refractivity contribution in [3.63, 3.8) is 0 Å². The molecule has 0 spiro atoms. The number of carbonyl (C=O) groups is 1. The highest BCUT2D eigenvalue weighted by molar-refractivity contribution is 5.91. The first-order chi connectivity index (χ1) is 13.0. The molecule has 2 N–H and O–H groups in total. The van der Waals surface area contributed by atoms with E-state index in [-0.39, 0.29) is 35.1 Å². The predicted molar refractivity (Wildman–Crippen MR) is 112 cm³/mol. The fourth-order valence-electron chi connectivity index (χ4n) is 4.08. The molecule has 28 heavy (non-hydrogen) atoms. The Labute approximate surface area is 168 Å². The quantitative estimate of drug-likeness (QED) is 0.791. The smallest absolute Gasteiger partial charge is 0.287 e. The maximum Gasteiger partial charge on any atom is 0.287 e. The molecule has 4 nitrogen and oxygen atoms in total. The molecule has 4 heteroatoms. The second kappa shape index (κ2) is 7.40. The van der Waals surface area contributed by atoms with E-state index >= 15 is 0 Å². The average Bonchev–Trinajstić information content (AvgIpc) is 3.09. The average molecular weight is 384 g/mol. The minimum absolute atomic E-state index is 0.0975. The summed E-state index contributed by atoms with van der Waals surface area (Å²) in [6, 6.07) is 7.98. The van der Waals surface area contributed by atoms with E-state index in [2.05, 4.69) is 52.1 Å². The van der Waals surface area contributed by atoms with Crippen molar-refractivity contribution in [3.8, 4) is 0 Å². The second-order valence-electron chi connectivity index (χ2n) is 9.59. The molecular weight excluding hydrogens is 350 g/mol. The maximum atomic E-state index is 12.2. The summed E-state index contributed by atoms with van der Waals surface area (Å²) in [6.07, 6.45) is 3.05. The number of hydrogen-bond donors (Lipinski definition) is 2. The summed E-state index contributed by atoms with van der Waals surface area (Å²) in [5.74, 6) is 0.767. The molecule has 0 saturated carbocycles. The molecule has 1 aromatic heterocycles. The zero-order chi connectivity index (χ0) is 20.7. The molecule has 0 bridgehead atoms. The van der Waals surface area contributed by atoms with Crippen LogP contribution in [0.5, 0.6) is 0 Å². The van der Waals surface area contributed by atoms with Crippen LogP contribution in [0.25, 0.3) is 0 Å². The van der Waals surface area contributed by atoms with Crippen molar-refractivity contribution in [1.29, 1.82) is 0 Å². The number of nitrogens with one attached hydrogen (secondary N) is 1. The normalized spacial score (nSPS) is 18.4. The lowest BCUT2D eigenvalue weighted by molar-refractivity contribution is 0.0892. The number of carbonyl (C=O) groups excluding carboxylic acids is 1. The van der Waals surface area contributed by atoms with Gasteiger partial charge in [-0.15, -0.1) is 0 Å². The van der Waals surface area contributed by atoms with Gasteiger partial charge in [0.1, 0.15) is 5.76 Å². The van der Waals surface area contributed by atoms with Crippen LogP contribution in [0.15, 0.2) is 28.7 Å². The zero-order valence-corrected chi connectivity index (χ0v) is 18.0. The number of aryl methyl sites for hydroxylation is 1. The lowest BCUT2D eigenvalue weighted by atomic mass is 9.62. The number of amides is 1. The van der Waals surface area contributed by atoms with Gasteiger partial charge in [-0.05, 0) is 71.9 Å². The Morgan fingerprint density at radius 1 is 1.14 bits per heavy atom. The van der Waals surface area contributed by atoms with E-state index in [0.717, 1.165) is 5.76 Å². The van der Waals surface area contributed by atoms with Crippen molar-refractivity contribution in [2.45, 2.75) is 77.7 Å². The molecule has 0 fully saturated rings. The lowest BCUT2D eigenvalue weighted by Gasteiger charge is -2.42. The highest BCUT2D eigenvalue weighted by Gasteiger charge is 2.37. The first-order valence-corrected chi connectivity index (χ1v) is 10.2. The van der Waals surface area contributed by atoms with Crippen LogP contribution >= 0.6 is 0 Å². The number of benzene rings is 1. The second-order valence-corrected chi connectivity index (χ2v) is 9.59. The summed E-state index contributed by atoms with van der Waals surface area (Å²) in [5, 5.41) is 11.8. The molecule has 1 heterocycles. The van der Waals surface area contributed by atoms with Crippen LogP contribution in [0.4, 0.5) is 0 Å². The molecule has 2 aromatic rings. The van der Waals surface area contributed by atoms with Gasteiger partial charge in [0.15, 0.2) is 5.76 Å². The van der Waals surface area contributed by atoms with Crippen molar-refractivity contribution in [1.82, 2.24) is 5.32 Å². The molecule has 0 radical (unpaired) electrons. The van der Waals surface area contributed by atoms with Crippen molar-refractivity contribution in [3.05, 3.63) is 58.0 Å². The van der Waals surface area contributed by atoms with Gasteiger partial charge in [0.25, 0.3) is 5.91 Å². The molecule has 1 aliphatic rings. The highest BCUT2D eigenvalue weighted by Crippen LogP contribution is 2.46. The Balaban J connectivity index is 1.87. The summed E-state index contributed by atoms with van der Waals surface area (Å²) in [5.41, 5.74) is 5.78. The molecule has 1 atom stereocenters. The number of rotatable bonds is 5. The number of hydrogen-bond acceptors (Lipinski definition) is 3. The summed E-state index contributed by atoms with van der Waals surface area (Å²) in [7, 11) is 0. The first-order valence-electron chi connectivity index (χ1n) is 10.2. The van der Waals surface area contributed by atoms with Gasteiger partial charge in [-0.1, -0.05) is 39.8 Å². The number of fused-ring (bicyclic) bond motifs is 1. The monoisotopic (exact) mass is 383 g/mol. The third-order valence-electron chi connectivity index (χ3n) is 6.21. The third kappa shape index (κ3) is 4.02. The van der Waals surface area contributed by atoms with E-state index in [4.69, 9.17) is 9.52 Å². The SMILES string of the molecule is Cc1cc2c(cc1Cc1ccc(C(=O)NC(C)CO)o1)C(C)(C)CCC2(C)C. The first kappa shape index (κ1) is 20.7. The largest absolute Gasteiger partial charge is 0.456 e. The van der Waals surface area contributed by atoms with Gasteiger partial charge in [-0.3, -0.25) is 4.79 Å². The highest BCUT2D eigenvalue weighted by atomic mass is 16.3. The zero-order valence-electron chi connectivity index (χ0n) is 18.0. The number of aliphatic hydroxyl groups excluding tert-OH is 1. The van der Waals surface area contributed by atoms with Gasteiger partial charge < -0.3 is 14.8 Å². The van der Waals surface area contributed by atoms with E-state index in [0.29, 0.717) is 6.42 Å². The molecule has 0 aliphatic heterocycles. The Bertz CT molecular complexity index is 876. The van der Waals surface area contributed by atoms with Crippen LogP contribution in [0.1, 0.15) is 86.0 Å². The standard InChI is InChI=1S/C24H33NO3/c1-15-11-19-20(24(5,6)10-9-23(19,3)4)13-17(15)12-18-7-8-21(28-18)22(27)25-16(2)14-26/h7-8,11,13,16,26H,9-10,12,14H2,1-6H3,(H,25,27). The van der Waals surface area contributed by atoms with Crippen LogP contribution in [0, 0.1) is 6.92 Å². The molecule has 1 amide bonds. The van der Waals surface area contributed by atoms with Gasteiger partial charge in [0, 0.05) is 12.5 Å². The van der Waals surface area contributed by atoms with E-state index in [1.807, 2.05) is 6.07 Å². The minimum Gasteiger partial charge on any atom is -0.456 e. The van der Waals surface area contributed by atoms with E-state index in [9.17, 15) is 4.79 Å². The van der Waals surface area contributed by atoms with Crippen LogP contribution in [0.2, 0.25) is 0 Å². The molecule has 1 aromatic carbocycles. The molecular formula is C24H33NO3. The molecule has 1 unspecified atom stereocenters. The van der Waals surface area contributed by atoms with Crippen molar-refractivity contribution >= 4 is 5.91 Å². The van der Waals surface area contributed by atoms with Gasteiger partial charge in [0.2, 0.25) is 0 Å². The minimum atomic E-state index is -0.297. The van der Waals surface area contributed by atoms with Crippen molar-refractivity contribution in [2.24, 2.45) is 0 Å². The van der Waals surface area contributed by atoms with Crippen molar-refractivity contribution < 1.29 is 14.3 Å². The van der Waals surface area contributed by atoms with Gasteiger partial charge >= 0.3 is 0 Å². The van der Waals surface area contributed by atoms with E-state index < -0.39 is 0 Å². The summed E-state index contributed by atoms with van der Waals surface area (Å²) in [4.78, 5) is 12.2. The Morgan fingerprint density at radius 2 is 1.75 bits per heavy atom. The molecule has 0 saturated heterocycles. The Kier molecular flexibility index (Phi) is 5.46. The number of furan rings is 1. The summed E-state index contributed by atoms with van der Waals surface area (Å²) >= 11 is 0. The van der Waals surface area contributed by atoms with Crippen LogP contribution < -0.4 is 5.32 Å². The van der Waals surface area contributed by atoms with Gasteiger partial charge in [-0.25, -0.2) is 0 Å². The fraction of sp³-hybridized carbons (Fsp3) is 0.542. The van der Waals surface area contributed by atoms with Crippen LogP contribution in [-0.2, 0) is 17.3 Å². The van der Waals surface area contributed by atoms with Crippen molar-refractivity contribution in [2.75, 3.05) is 6.61 Å². The Hall–Kier alpha value is -2.07. The van der Waals surface area contributed by atoms with Gasteiger partial charge in [0.05, 0.1) is 6.61 Å². The molecule has 3 rings (SSSR count). The topological polar surface area (TPSA) is 62.5 Å². The molecule has 152 valence electrons. The summed E-state index contributed by atoms with van der Waals surface area (Å²) in [6.45, 7) is 13.2. The summed E-state index contributed by atoms with van der Waals surface area (Å²) < 4.78 is 5.79. The van der Waals surface area contributed by atoms with E-state index in [1.165, 1.54) is 35.1 Å². The maximum absolute atomic E-state index is 12.2. The van der Waals surface area contributed by atoms with E-state index in [1.54, 1.807) is 13.0 Å². The van der Waals surface area contributed by atoms with Gasteiger partial charge in [-0.2, -0.15) is 0 Å². The number of aliphatic hydroxyl groups is 1. The fourth-order valence-corrected chi connectivity index (χ4v) is 4.08. The molecule has 1 aliphatic carbocycles. The van der Waals surface area contributed by atoms with Crippen LogP contribution in [-0.4, -0.2) is 23.7 Å². The lowest BCUT2D eigenvalue weighted by Crippen LogP contribution is -2.34. The Morgan fingerprint density at radius 3 is 2.36 bits per heavy atom. The predicted octanol–water partition coefficient (Wildman–Crippen LogP) is 4.64.